The van der Waals surface area contributed by atoms with Gasteiger partial charge in [-0.2, -0.15) is 0 Å². The Morgan fingerprint density at radius 3 is 2.17 bits per heavy atom. The predicted molar refractivity (Wildman–Crippen MR) is 97.7 cm³/mol. The van der Waals surface area contributed by atoms with Crippen molar-refractivity contribution < 1.29 is 9.18 Å². The molecule has 2 aromatic carbocycles. The molecule has 0 aromatic heterocycles. The van der Waals surface area contributed by atoms with Crippen molar-refractivity contribution in [2.24, 2.45) is 5.73 Å². The molecule has 0 bridgehead atoms. The fraction of sp³-hybridized carbons (Fsp3) is 0.316. The van der Waals surface area contributed by atoms with Crippen molar-refractivity contribution in [3.63, 3.8) is 0 Å². The standard InChI is InChI=1S/C19H23FN2O.ClH/c1-18(2,15-11-7-8-12-16(15)20)13-22-17(23)19(3,21)14-9-5-4-6-10-14;/h4-12H,13,21H2,1-3H3,(H,22,23);1H. The van der Waals surface area contributed by atoms with E-state index in [9.17, 15) is 9.18 Å². The lowest BCUT2D eigenvalue weighted by atomic mass is 9.83. The summed E-state index contributed by atoms with van der Waals surface area (Å²) in [6.07, 6.45) is 0. The zero-order valence-corrected chi connectivity index (χ0v) is 15.0. The molecule has 0 spiro atoms. The molecule has 0 saturated heterocycles. The van der Waals surface area contributed by atoms with E-state index in [-0.39, 0.29) is 24.1 Å². The first-order valence-corrected chi connectivity index (χ1v) is 7.63. The second-order valence-corrected chi connectivity index (χ2v) is 6.61. The van der Waals surface area contributed by atoms with E-state index in [1.54, 1.807) is 25.1 Å². The quantitative estimate of drug-likeness (QED) is 0.866. The number of carbonyl (C=O) groups excluding carboxylic acids is 1. The average Bonchev–Trinajstić information content (AvgIpc) is 2.53. The van der Waals surface area contributed by atoms with Gasteiger partial charge >= 0.3 is 0 Å². The molecule has 130 valence electrons. The highest BCUT2D eigenvalue weighted by Gasteiger charge is 2.32. The Balaban J connectivity index is 0.00000288. The summed E-state index contributed by atoms with van der Waals surface area (Å²) in [5.74, 6) is -0.557. The molecule has 0 aliphatic carbocycles. The Morgan fingerprint density at radius 2 is 1.58 bits per heavy atom. The van der Waals surface area contributed by atoms with Crippen LogP contribution in [0.3, 0.4) is 0 Å². The molecule has 0 saturated carbocycles. The number of hydrogen-bond acceptors (Lipinski definition) is 2. The van der Waals surface area contributed by atoms with Crippen LogP contribution in [0.2, 0.25) is 0 Å². The zero-order chi connectivity index (χ0) is 17.1. The van der Waals surface area contributed by atoms with E-state index in [1.807, 2.05) is 44.2 Å². The maximum Gasteiger partial charge on any atom is 0.244 e. The largest absolute Gasteiger partial charge is 0.353 e. The van der Waals surface area contributed by atoms with E-state index in [0.29, 0.717) is 12.1 Å². The SMILES string of the molecule is CC(C)(CNC(=O)C(C)(N)c1ccccc1)c1ccccc1F.Cl. The third kappa shape index (κ3) is 4.34. The van der Waals surface area contributed by atoms with Gasteiger partial charge in [0.15, 0.2) is 0 Å². The minimum Gasteiger partial charge on any atom is -0.353 e. The number of benzene rings is 2. The maximum absolute atomic E-state index is 14.0. The predicted octanol–water partition coefficient (Wildman–Crippen LogP) is 3.52. The normalized spacial score (nSPS) is 13.5. The summed E-state index contributed by atoms with van der Waals surface area (Å²) in [5.41, 5.74) is 5.83. The molecular weight excluding hydrogens is 327 g/mol. The van der Waals surface area contributed by atoms with E-state index >= 15 is 0 Å². The summed E-state index contributed by atoms with van der Waals surface area (Å²) in [7, 11) is 0. The lowest BCUT2D eigenvalue weighted by Crippen LogP contribution is -2.51. The highest BCUT2D eigenvalue weighted by Crippen LogP contribution is 2.25. The molecule has 3 nitrogen and oxygen atoms in total. The number of carbonyl (C=O) groups is 1. The number of halogens is 2. The fourth-order valence-corrected chi connectivity index (χ4v) is 2.51. The first kappa shape index (κ1) is 20.1. The van der Waals surface area contributed by atoms with Crippen LogP contribution in [0.1, 0.15) is 31.9 Å². The van der Waals surface area contributed by atoms with Crippen LogP contribution in [-0.4, -0.2) is 12.5 Å². The molecule has 1 amide bonds. The van der Waals surface area contributed by atoms with Crippen LogP contribution in [0.5, 0.6) is 0 Å². The molecule has 24 heavy (non-hydrogen) atoms. The summed E-state index contributed by atoms with van der Waals surface area (Å²) in [5, 5.41) is 2.86. The van der Waals surface area contributed by atoms with E-state index in [4.69, 9.17) is 5.73 Å². The van der Waals surface area contributed by atoms with E-state index < -0.39 is 11.0 Å². The fourth-order valence-electron chi connectivity index (χ4n) is 2.51. The third-order valence-electron chi connectivity index (χ3n) is 4.14. The number of nitrogens with two attached hydrogens (primary N) is 1. The van der Waals surface area contributed by atoms with Crippen LogP contribution in [0, 0.1) is 5.82 Å². The minimum absolute atomic E-state index is 0. The Bertz CT molecular complexity index is 687. The van der Waals surface area contributed by atoms with Gasteiger partial charge in [0.1, 0.15) is 11.4 Å². The molecule has 2 aromatic rings. The summed E-state index contributed by atoms with van der Waals surface area (Å²) >= 11 is 0. The Hall–Kier alpha value is -1.91. The Morgan fingerprint density at radius 1 is 1.04 bits per heavy atom. The van der Waals surface area contributed by atoms with Gasteiger partial charge in [-0.15, -0.1) is 12.4 Å². The molecular formula is C19H24ClFN2O. The van der Waals surface area contributed by atoms with Gasteiger partial charge < -0.3 is 11.1 Å². The van der Waals surface area contributed by atoms with Gasteiger partial charge in [-0.05, 0) is 24.1 Å². The van der Waals surface area contributed by atoms with Gasteiger partial charge in [0, 0.05) is 12.0 Å². The highest BCUT2D eigenvalue weighted by molar-refractivity contribution is 5.87. The van der Waals surface area contributed by atoms with Crippen molar-refractivity contribution in [1.29, 1.82) is 0 Å². The number of amides is 1. The molecule has 0 heterocycles. The minimum atomic E-state index is -1.13. The smallest absolute Gasteiger partial charge is 0.244 e. The van der Waals surface area contributed by atoms with Crippen LogP contribution in [0.25, 0.3) is 0 Å². The van der Waals surface area contributed by atoms with Crippen molar-refractivity contribution in [3.05, 3.63) is 71.5 Å². The van der Waals surface area contributed by atoms with Crippen LogP contribution >= 0.6 is 12.4 Å². The Kier molecular flexibility index (Phi) is 6.52. The number of hydrogen-bond donors (Lipinski definition) is 2. The zero-order valence-electron chi connectivity index (χ0n) is 14.2. The van der Waals surface area contributed by atoms with Gasteiger partial charge in [-0.1, -0.05) is 62.4 Å². The van der Waals surface area contributed by atoms with Crippen molar-refractivity contribution in [2.75, 3.05) is 6.54 Å². The van der Waals surface area contributed by atoms with Crippen LogP contribution in [-0.2, 0) is 15.7 Å². The summed E-state index contributed by atoms with van der Waals surface area (Å²) in [6.45, 7) is 5.75. The average molecular weight is 351 g/mol. The molecule has 0 aliphatic heterocycles. The monoisotopic (exact) mass is 350 g/mol. The summed E-state index contributed by atoms with van der Waals surface area (Å²) in [6, 6.07) is 15.8. The van der Waals surface area contributed by atoms with Gasteiger partial charge in [-0.25, -0.2) is 4.39 Å². The van der Waals surface area contributed by atoms with Crippen molar-refractivity contribution in [1.82, 2.24) is 5.32 Å². The molecule has 0 fully saturated rings. The number of nitrogens with one attached hydrogen (secondary N) is 1. The lowest BCUT2D eigenvalue weighted by molar-refractivity contribution is -0.126. The first-order valence-electron chi connectivity index (χ1n) is 7.63. The van der Waals surface area contributed by atoms with E-state index in [1.165, 1.54) is 6.07 Å². The number of rotatable bonds is 5. The van der Waals surface area contributed by atoms with E-state index in [0.717, 1.165) is 5.56 Å². The summed E-state index contributed by atoms with van der Waals surface area (Å²) in [4.78, 5) is 12.5. The van der Waals surface area contributed by atoms with Crippen molar-refractivity contribution >= 4 is 18.3 Å². The van der Waals surface area contributed by atoms with Gasteiger partial charge in [0.05, 0.1) is 0 Å². The molecule has 2 rings (SSSR count). The van der Waals surface area contributed by atoms with Gasteiger partial charge in [-0.3, -0.25) is 4.79 Å². The third-order valence-corrected chi connectivity index (χ3v) is 4.14. The Labute approximate surface area is 148 Å². The molecule has 0 radical (unpaired) electrons. The molecule has 1 atom stereocenters. The van der Waals surface area contributed by atoms with E-state index in [2.05, 4.69) is 5.32 Å². The van der Waals surface area contributed by atoms with Crippen molar-refractivity contribution in [2.45, 2.75) is 31.7 Å². The van der Waals surface area contributed by atoms with Crippen LogP contribution < -0.4 is 11.1 Å². The van der Waals surface area contributed by atoms with Gasteiger partial charge in [0.2, 0.25) is 5.91 Å². The topological polar surface area (TPSA) is 55.1 Å². The summed E-state index contributed by atoms with van der Waals surface area (Å²) < 4.78 is 14.0. The molecule has 5 heteroatoms. The highest BCUT2D eigenvalue weighted by atomic mass is 35.5. The van der Waals surface area contributed by atoms with Gasteiger partial charge in [0.25, 0.3) is 0 Å². The first-order chi connectivity index (χ1) is 10.7. The second-order valence-electron chi connectivity index (χ2n) is 6.61. The van der Waals surface area contributed by atoms with Crippen LogP contribution in [0.15, 0.2) is 54.6 Å². The molecule has 1 unspecified atom stereocenters. The maximum atomic E-state index is 14.0. The van der Waals surface area contributed by atoms with Crippen LogP contribution in [0.4, 0.5) is 4.39 Å². The van der Waals surface area contributed by atoms with Crippen molar-refractivity contribution in [3.8, 4) is 0 Å². The molecule has 0 aliphatic rings. The lowest BCUT2D eigenvalue weighted by Gasteiger charge is -2.30. The molecule has 3 N–H and O–H groups in total. The second kappa shape index (κ2) is 7.77.